The molecule has 1 aromatic carbocycles. The first-order chi connectivity index (χ1) is 15.7. The van der Waals surface area contributed by atoms with Gasteiger partial charge in [0.1, 0.15) is 0 Å². The van der Waals surface area contributed by atoms with Crippen LogP contribution in [0.5, 0.6) is 0 Å². The maximum Gasteiger partial charge on any atom is 0.193 e. The van der Waals surface area contributed by atoms with Crippen LogP contribution in [0.15, 0.2) is 24.3 Å². The van der Waals surface area contributed by atoms with E-state index >= 15 is 0 Å². The van der Waals surface area contributed by atoms with Crippen LogP contribution >= 0.6 is 0 Å². The summed E-state index contributed by atoms with van der Waals surface area (Å²) in [5.41, 5.74) is 3.62. The number of hydrogen-bond acceptors (Lipinski definition) is 2. The predicted octanol–water partition coefficient (Wildman–Crippen LogP) is 8.05. The Kier molecular flexibility index (Phi) is 15.3. The summed E-state index contributed by atoms with van der Waals surface area (Å²) >= 11 is 0. The van der Waals surface area contributed by atoms with Gasteiger partial charge in [-0.25, -0.2) is 0 Å². The van der Waals surface area contributed by atoms with Gasteiger partial charge >= 0.3 is 0 Å². The van der Waals surface area contributed by atoms with E-state index < -0.39 is 9.04 Å². The molecule has 0 aromatic heterocycles. The zero-order valence-corrected chi connectivity index (χ0v) is 22.8. The third-order valence-corrected chi connectivity index (χ3v) is 10.4. The van der Waals surface area contributed by atoms with Crippen molar-refractivity contribution in [3.8, 4) is 0 Å². The molecule has 2 nitrogen and oxygen atoms in total. The van der Waals surface area contributed by atoms with Crippen molar-refractivity contribution in [3.05, 3.63) is 35.4 Å². The highest BCUT2D eigenvalue weighted by atomic mass is 28.3. The Hall–Kier alpha value is -0.643. The van der Waals surface area contributed by atoms with Gasteiger partial charge in [-0.3, -0.25) is 0 Å². The van der Waals surface area contributed by atoms with Gasteiger partial charge < -0.3 is 9.74 Å². The average molecular weight is 460 g/mol. The fourth-order valence-electron chi connectivity index (χ4n) is 5.30. The smallest absolute Gasteiger partial charge is 0.193 e. The molecule has 0 saturated carbocycles. The monoisotopic (exact) mass is 459 g/mol. The van der Waals surface area contributed by atoms with E-state index in [1.54, 1.807) is 0 Å². The molecule has 3 heteroatoms. The molecule has 0 radical (unpaired) electrons. The molecule has 1 N–H and O–H groups in total. The molecule has 184 valence electrons. The second-order valence-corrected chi connectivity index (χ2v) is 13.1. The highest BCUT2D eigenvalue weighted by Crippen LogP contribution is 2.20. The van der Waals surface area contributed by atoms with E-state index in [1.165, 1.54) is 120 Å². The van der Waals surface area contributed by atoms with E-state index in [0.717, 1.165) is 6.61 Å². The first kappa shape index (κ1) is 27.6. The average Bonchev–Trinajstić information content (AvgIpc) is 2.82. The highest BCUT2D eigenvalue weighted by molar-refractivity contribution is 6.53. The minimum absolute atomic E-state index is 0.597. The van der Waals surface area contributed by atoms with E-state index in [9.17, 15) is 0 Å². The maximum absolute atomic E-state index is 6.35. The number of benzene rings is 1. The molecule has 1 aliphatic rings. The van der Waals surface area contributed by atoms with Gasteiger partial charge in [0, 0.05) is 18.3 Å². The molecule has 1 fully saturated rings. The van der Waals surface area contributed by atoms with Gasteiger partial charge in [0.25, 0.3) is 0 Å². The van der Waals surface area contributed by atoms with Crippen LogP contribution in [0, 0.1) is 6.92 Å². The first-order valence-corrected chi connectivity index (χ1v) is 16.1. The number of unbranched alkanes of at least 4 members (excludes halogenated alkanes) is 9. The van der Waals surface area contributed by atoms with E-state index in [0.29, 0.717) is 11.7 Å². The quantitative estimate of drug-likeness (QED) is 0.177. The van der Waals surface area contributed by atoms with Crippen molar-refractivity contribution in [2.24, 2.45) is 0 Å². The maximum atomic E-state index is 6.35. The van der Waals surface area contributed by atoms with Gasteiger partial charge in [-0.1, -0.05) is 115 Å². The Morgan fingerprint density at radius 1 is 0.844 bits per heavy atom. The van der Waals surface area contributed by atoms with Crippen molar-refractivity contribution in [1.82, 2.24) is 5.32 Å². The zero-order valence-electron chi connectivity index (χ0n) is 21.7. The lowest BCUT2D eigenvalue weighted by Crippen LogP contribution is -2.51. The fourth-order valence-corrected chi connectivity index (χ4v) is 8.45. The van der Waals surface area contributed by atoms with Gasteiger partial charge in [-0.2, -0.15) is 0 Å². The van der Waals surface area contributed by atoms with E-state index in [2.05, 4.69) is 50.4 Å². The minimum Gasteiger partial charge on any atom is -0.418 e. The molecule has 0 aliphatic carbocycles. The summed E-state index contributed by atoms with van der Waals surface area (Å²) in [4.78, 5) is 0. The molecule has 3 unspecified atom stereocenters. The topological polar surface area (TPSA) is 21.3 Å². The van der Waals surface area contributed by atoms with Crippen LogP contribution in [-0.2, 0) is 10.8 Å². The van der Waals surface area contributed by atoms with Crippen LogP contribution < -0.4 is 5.32 Å². The van der Waals surface area contributed by atoms with E-state index in [4.69, 9.17) is 4.43 Å². The molecule has 3 atom stereocenters. The Morgan fingerprint density at radius 2 is 1.53 bits per heavy atom. The fraction of sp³-hybridized carbons (Fsp3) is 0.793. The van der Waals surface area contributed by atoms with Gasteiger partial charge in [-0.15, -0.1) is 0 Å². The van der Waals surface area contributed by atoms with Gasteiger partial charge in [0.05, 0.1) is 0 Å². The standard InChI is InChI=1S/C29H53NOSi/c1-4-6-7-8-9-10-11-12-13-14-22-28(25-27-21-16-15-20-26(27)3)30-29(19-5-2)32-24-18-17-23-31-32/h15-16,20-21,28-30,32H,4-14,17-19,22-25H2,1-3H3. The number of rotatable bonds is 18. The van der Waals surface area contributed by atoms with Crippen molar-refractivity contribution in [2.45, 2.75) is 141 Å². The predicted molar refractivity (Wildman–Crippen MR) is 144 cm³/mol. The highest BCUT2D eigenvalue weighted by Gasteiger charge is 2.28. The third-order valence-electron chi connectivity index (χ3n) is 7.35. The second kappa shape index (κ2) is 17.8. The largest absolute Gasteiger partial charge is 0.418 e. The summed E-state index contributed by atoms with van der Waals surface area (Å²) in [6, 6.07) is 11.0. The summed E-state index contributed by atoms with van der Waals surface area (Å²) in [5, 5.41) is 4.17. The number of hydrogen-bond donors (Lipinski definition) is 1. The van der Waals surface area contributed by atoms with Crippen molar-refractivity contribution in [3.63, 3.8) is 0 Å². The lowest BCUT2D eigenvalue weighted by atomic mass is 9.96. The van der Waals surface area contributed by atoms with Gasteiger partial charge in [0.15, 0.2) is 9.04 Å². The summed E-state index contributed by atoms with van der Waals surface area (Å²) < 4.78 is 6.35. The van der Waals surface area contributed by atoms with Crippen LogP contribution in [0.3, 0.4) is 0 Å². The van der Waals surface area contributed by atoms with Crippen LogP contribution in [0.1, 0.15) is 121 Å². The molecule has 1 aromatic rings. The van der Waals surface area contributed by atoms with Crippen molar-refractivity contribution < 1.29 is 4.43 Å². The Morgan fingerprint density at radius 3 is 2.16 bits per heavy atom. The molecule has 32 heavy (non-hydrogen) atoms. The molecule has 1 heterocycles. The number of aryl methyl sites for hydroxylation is 1. The summed E-state index contributed by atoms with van der Waals surface area (Å²) in [7, 11) is -1.12. The molecular formula is C29H53NOSi. The molecule has 0 spiro atoms. The van der Waals surface area contributed by atoms with Crippen LogP contribution in [0.2, 0.25) is 6.04 Å². The molecule has 0 amide bonds. The normalized spacial score (nSPS) is 18.5. The van der Waals surface area contributed by atoms with Gasteiger partial charge in [-0.05, 0) is 49.8 Å². The Labute approximate surface area is 202 Å². The summed E-state index contributed by atoms with van der Waals surface area (Å²) in [5.74, 6) is 0. The van der Waals surface area contributed by atoms with Crippen LogP contribution in [0.25, 0.3) is 0 Å². The third kappa shape index (κ3) is 11.5. The lowest BCUT2D eigenvalue weighted by molar-refractivity contribution is 0.267. The summed E-state index contributed by atoms with van der Waals surface area (Å²) in [6.45, 7) is 7.93. The SMILES string of the molecule is CCCCCCCCCCCCC(Cc1ccccc1C)NC(CCC)[SiH]1CCCCO1. The van der Waals surface area contributed by atoms with Crippen molar-refractivity contribution in [2.75, 3.05) is 6.61 Å². The number of nitrogens with one attached hydrogen (secondary N) is 1. The summed E-state index contributed by atoms with van der Waals surface area (Å²) in [6.07, 6.45) is 21.9. The van der Waals surface area contributed by atoms with E-state index in [1.807, 2.05) is 0 Å². The van der Waals surface area contributed by atoms with Crippen LogP contribution in [-0.4, -0.2) is 27.4 Å². The Balaban J connectivity index is 1.80. The molecule has 0 bridgehead atoms. The molecule has 1 aliphatic heterocycles. The molecule has 1 saturated heterocycles. The Bertz CT molecular complexity index is 572. The van der Waals surface area contributed by atoms with Gasteiger partial charge in [0.2, 0.25) is 0 Å². The lowest BCUT2D eigenvalue weighted by Gasteiger charge is -2.33. The van der Waals surface area contributed by atoms with E-state index in [-0.39, 0.29) is 0 Å². The molecular weight excluding hydrogens is 406 g/mol. The minimum atomic E-state index is -1.12. The van der Waals surface area contributed by atoms with Crippen LogP contribution in [0.4, 0.5) is 0 Å². The zero-order chi connectivity index (χ0) is 22.9. The second-order valence-electron chi connectivity index (χ2n) is 10.3. The van der Waals surface area contributed by atoms with Crippen molar-refractivity contribution in [1.29, 1.82) is 0 Å². The van der Waals surface area contributed by atoms with Crippen molar-refractivity contribution >= 4 is 9.04 Å². The molecule has 2 rings (SSSR count). The first-order valence-electron chi connectivity index (χ1n) is 14.2.